The summed E-state index contributed by atoms with van der Waals surface area (Å²) < 4.78 is 12.5. The Hall–Kier alpha value is -1.33. The first-order chi connectivity index (χ1) is 11.0. The lowest BCUT2D eigenvalue weighted by atomic mass is 10.1. The van der Waals surface area contributed by atoms with E-state index in [0.29, 0.717) is 17.7 Å². The molecular weight excluding hydrogens is 316 g/mol. The second kappa shape index (κ2) is 8.50. The first-order valence-electron chi connectivity index (χ1n) is 8.16. The van der Waals surface area contributed by atoms with Crippen molar-refractivity contribution in [2.24, 2.45) is 5.92 Å². The predicted octanol–water partition coefficient (Wildman–Crippen LogP) is 3.63. The van der Waals surface area contributed by atoms with Crippen LogP contribution in [0.3, 0.4) is 0 Å². The minimum Gasteiger partial charge on any atom is -0.460 e. The molecule has 5 nitrogen and oxygen atoms in total. The van der Waals surface area contributed by atoms with Crippen LogP contribution in [0.15, 0.2) is 6.08 Å². The van der Waals surface area contributed by atoms with E-state index in [1.807, 2.05) is 6.92 Å². The van der Waals surface area contributed by atoms with Crippen molar-refractivity contribution in [3.05, 3.63) is 22.5 Å². The highest BCUT2D eigenvalue weighted by Gasteiger charge is 2.16. The van der Waals surface area contributed by atoms with E-state index >= 15 is 0 Å². The van der Waals surface area contributed by atoms with Crippen molar-refractivity contribution >= 4 is 23.6 Å². The van der Waals surface area contributed by atoms with Crippen molar-refractivity contribution in [3.8, 4) is 0 Å². The lowest BCUT2D eigenvalue weighted by Crippen LogP contribution is -2.25. The van der Waals surface area contributed by atoms with Gasteiger partial charge in [-0.1, -0.05) is 25.4 Å². The SMILES string of the molecule is Cc1nn(CC(C)C)c(Cl)c1/C=C/C(=O)OCC1CCCCO1. The molecule has 0 aromatic carbocycles. The Balaban J connectivity index is 1.91. The third-order valence-corrected chi connectivity index (χ3v) is 4.12. The van der Waals surface area contributed by atoms with E-state index in [0.717, 1.165) is 43.7 Å². The number of carbonyl (C=O) groups is 1. The van der Waals surface area contributed by atoms with Crippen molar-refractivity contribution in [1.29, 1.82) is 0 Å². The van der Waals surface area contributed by atoms with E-state index in [2.05, 4.69) is 18.9 Å². The zero-order valence-corrected chi connectivity index (χ0v) is 14.8. The van der Waals surface area contributed by atoms with Gasteiger partial charge in [0.15, 0.2) is 0 Å². The van der Waals surface area contributed by atoms with Crippen LogP contribution < -0.4 is 0 Å². The molecule has 0 amide bonds. The molecule has 128 valence electrons. The lowest BCUT2D eigenvalue weighted by Gasteiger charge is -2.21. The minimum atomic E-state index is -0.383. The Morgan fingerprint density at radius 1 is 1.52 bits per heavy atom. The summed E-state index contributed by atoms with van der Waals surface area (Å²) >= 11 is 6.33. The Bertz CT molecular complexity index is 560. The molecule has 1 fully saturated rings. The fraction of sp³-hybridized carbons (Fsp3) is 0.647. The van der Waals surface area contributed by atoms with Crippen molar-refractivity contribution < 1.29 is 14.3 Å². The van der Waals surface area contributed by atoms with Gasteiger partial charge in [-0.15, -0.1) is 0 Å². The van der Waals surface area contributed by atoms with E-state index in [4.69, 9.17) is 21.1 Å². The van der Waals surface area contributed by atoms with E-state index in [1.54, 1.807) is 10.8 Å². The molecule has 2 heterocycles. The maximum Gasteiger partial charge on any atom is 0.330 e. The van der Waals surface area contributed by atoms with E-state index < -0.39 is 0 Å². The summed E-state index contributed by atoms with van der Waals surface area (Å²) in [6, 6.07) is 0. The molecule has 6 heteroatoms. The fourth-order valence-corrected chi connectivity index (χ4v) is 2.84. The lowest BCUT2D eigenvalue weighted by molar-refractivity contribution is -0.143. The van der Waals surface area contributed by atoms with Gasteiger partial charge in [-0.3, -0.25) is 4.68 Å². The van der Waals surface area contributed by atoms with E-state index in [-0.39, 0.29) is 12.1 Å². The largest absolute Gasteiger partial charge is 0.460 e. The summed E-state index contributed by atoms with van der Waals surface area (Å²) in [5, 5.41) is 4.96. The standard InChI is InChI=1S/C17H25ClN2O3/c1-12(2)10-20-17(18)15(13(3)19-20)7-8-16(21)23-11-14-6-4-5-9-22-14/h7-8,12,14H,4-6,9-11H2,1-3H3/b8-7+. The van der Waals surface area contributed by atoms with Gasteiger partial charge in [-0.2, -0.15) is 5.10 Å². The van der Waals surface area contributed by atoms with Gasteiger partial charge in [0.2, 0.25) is 0 Å². The molecule has 0 bridgehead atoms. The number of carbonyl (C=O) groups excluding carboxylic acids is 1. The maximum absolute atomic E-state index is 11.8. The Morgan fingerprint density at radius 2 is 2.30 bits per heavy atom. The Morgan fingerprint density at radius 3 is 2.96 bits per heavy atom. The van der Waals surface area contributed by atoms with E-state index in [9.17, 15) is 4.79 Å². The maximum atomic E-state index is 11.8. The molecule has 1 aromatic rings. The van der Waals surface area contributed by atoms with Crippen molar-refractivity contribution in [2.75, 3.05) is 13.2 Å². The molecule has 23 heavy (non-hydrogen) atoms. The second-order valence-corrected chi connectivity index (χ2v) is 6.68. The molecule has 0 saturated carbocycles. The van der Waals surface area contributed by atoms with Gasteiger partial charge in [0.05, 0.1) is 11.8 Å². The summed E-state index contributed by atoms with van der Waals surface area (Å²) in [5.41, 5.74) is 1.56. The summed E-state index contributed by atoms with van der Waals surface area (Å²) in [5.74, 6) is 0.0651. The number of ether oxygens (including phenoxy) is 2. The van der Waals surface area contributed by atoms with Crippen LogP contribution in [0.4, 0.5) is 0 Å². The van der Waals surface area contributed by atoms with Crippen LogP contribution in [0.1, 0.15) is 44.4 Å². The molecule has 1 saturated heterocycles. The first kappa shape index (κ1) is 18.0. The van der Waals surface area contributed by atoms with Gasteiger partial charge in [0, 0.05) is 24.8 Å². The van der Waals surface area contributed by atoms with Crippen LogP contribution in [-0.2, 0) is 20.8 Å². The molecule has 1 atom stereocenters. The van der Waals surface area contributed by atoms with Crippen LogP contribution in [-0.4, -0.2) is 35.1 Å². The van der Waals surface area contributed by atoms with Crippen LogP contribution in [0.5, 0.6) is 0 Å². The van der Waals surface area contributed by atoms with Crippen molar-refractivity contribution in [3.63, 3.8) is 0 Å². The van der Waals surface area contributed by atoms with E-state index in [1.165, 1.54) is 6.08 Å². The molecule has 1 aromatic heterocycles. The topological polar surface area (TPSA) is 53.4 Å². The smallest absolute Gasteiger partial charge is 0.330 e. The van der Waals surface area contributed by atoms with Crippen molar-refractivity contribution in [2.45, 2.75) is 52.7 Å². The zero-order chi connectivity index (χ0) is 16.8. The summed E-state index contributed by atoms with van der Waals surface area (Å²) in [7, 11) is 0. The zero-order valence-electron chi connectivity index (χ0n) is 14.0. The van der Waals surface area contributed by atoms with Crippen LogP contribution in [0.25, 0.3) is 6.08 Å². The monoisotopic (exact) mass is 340 g/mol. The highest BCUT2D eigenvalue weighted by molar-refractivity contribution is 6.31. The van der Waals surface area contributed by atoms with Crippen LogP contribution >= 0.6 is 11.6 Å². The fourth-order valence-electron chi connectivity index (χ4n) is 2.54. The summed E-state index contributed by atoms with van der Waals surface area (Å²) in [4.78, 5) is 11.8. The molecule has 1 aliphatic rings. The molecule has 1 aliphatic heterocycles. The average molecular weight is 341 g/mol. The highest BCUT2D eigenvalue weighted by Crippen LogP contribution is 2.22. The number of esters is 1. The van der Waals surface area contributed by atoms with Gasteiger partial charge < -0.3 is 9.47 Å². The number of aryl methyl sites for hydroxylation is 1. The second-order valence-electron chi connectivity index (χ2n) is 6.32. The predicted molar refractivity (Wildman–Crippen MR) is 90.4 cm³/mol. The molecule has 0 aliphatic carbocycles. The molecular formula is C17H25ClN2O3. The van der Waals surface area contributed by atoms with Crippen molar-refractivity contribution in [1.82, 2.24) is 9.78 Å². The third kappa shape index (κ3) is 5.36. The molecule has 1 unspecified atom stereocenters. The number of halogens is 1. The first-order valence-corrected chi connectivity index (χ1v) is 8.54. The van der Waals surface area contributed by atoms with Gasteiger partial charge in [0.1, 0.15) is 11.8 Å². The van der Waals surface area contributed by atoms with Gasteiger partial charge in [-0.05, 0) is 38.2 Å². The number of nitrogens with zero attached hydrogens (tertiary/aromatic N) is 2. The van der Waals surface area contributed by atoms with Crippen LogP contribution in [0.2, 0.25) is 5.15 Å². The van der Waals surface area contributed by atoms with Gasteiger partial charge >= 0.3 is 5.97 Å². The Labute approximate surface area is 142 Å². The molecule has 2 rings (SSSR count). The normalized spacial score (nSPS) is 18.7. The third-order valence-electron chi connectivity index (χ3n) is 3.72. The molecule has 0 radical (unpaired) electrons. The molecule has 0 N–H and O–H groups in total. The summed E-state index contributed by atoms with van der Waals surface area (Å²) in [6.45, 7) is 7.89. The highest BCUT2D eigenvalue weighted by atomic mass is 35.5. The number of aromatic nitrogens is 2. The minimum absolute atomic E-state index is 0.0280. The van der Waals surface area contributed by atoms with Gasteiger partial charge in [-0.25, -0.2) is 4.79 Å². The summed E-state index contributed by atoms with van der Waals surface area (Å²) in [6.07, 6.45) is 6.26. The number of hydrogen-bond acceptors (Lipinski definition) is 4. The molecule has 0 spiro atoms. The van der Waals surface area contributed by atoms with Gasteiger partial charge in [0.25, 0.3) is 0 Å². The Kier molecular flexibility index (Phi) is 6.66. The number of rotatable bonds is 6. The quantitative estimate of drug-likeness (QED) is 0.586. The number of hydrogen-bond donors (Lipinski definition) is 0. The average Bonchev–Trinajstić information content (AvgIpc) is 2.77. The van der Waals surface area contributed by atoms with Crippen LogP contribution in [0, 0.1) is 12.8 Å².